The SMILES string of the molecule is O=C(O)[C@@H]1CCCN1C(=O)/C=C/c1ccco1. The molecule has 17 heavy (non-hydrogen) atoms. The third-order valence-electron chi connectivity index (χ3n) is 2.75. The minimum atomic E-state index is -0.942. The van der Waals surface area contributed by atoms with E-state index in [0.29, 0.717) is 18.7 Å². The van der Waals surface area contributed by atoms with Gasteiger partial charge in [0, 0.05) is 12.6 Å². The Morgan fingerprint density at radius 1 is 1.53 bits per heavy atom. The van der Waals surface area contributed by atoms with Crippen LogP contribution in [0.2, 0.25) is 0 Å². The minimum absolute atomic E-state index is 0.286. The van der Waals surface area contributed by atoms with Crippen molar-refractivity contribution in [2.45, 2.75) is 18.9 Å². The summed E-state index contributed by atoms with van der Waals surface area (Å²) in [5, 5.41) is 8.95. The maximum Gasteiger partial charge on any atom is 0.326 e. The second-order valence-electron chi connectivity index (χ2n) is 3.88. The van der Waals surface area contributed by atoms with Crippen molar-refractivity contribution in [3.63, 3.8) is 0 Å². The van der Waals surface area contributed by atoms with E-state index in [1.807, 2.05) is 0 Å². The van der Waals surface area contributed by atoms with E-state index in [4.69, 9.17) is 9.52 Å². The molecule has 0 unspecified atom stereocenters. The molecule has 2 heterocycles. The Bertz CT molecular complexity index is 435. The average molecular weight is 235 g/mol. The molecule has 90 valence electrons. The standard InChI is InChI=1S/C12H13NO4/c14-11(6-5-9-3-2-8-17-9)13-7-1-4-10(13)12(15)16/h2-3,5-6,8,10H,1,4,7H2,(H,15,16)/b6-5+/t10-/m0/s1. The molecule has 1 atom stereocenters. The number of hydrogen-bond acceptors (Lipinski definition) is 3. The van der Waals surface area contributed by atoms with Crippen LogP contribution >= 0.6 is 0 Å². The summed E-state index contributed by atoms with van der Waals surface area (Å²) in [6.07, 6.45) is 5.66. The molecule has 0 bridgehead atoms. The number of carbonyl (C=O) groups excluding carboxylic acids is 1. The molecule has 1 aromatic heterocycles. The van der Waals surface area contributed by atoms with E-state index in [0.717, 1.165) is 6.42 Å². The van der Waals surface area contributed by atoms with Crippen molar-refractivity contribution >= 4 is 18.0 Å². The Morgan fingerprint density at radius 2 is 2.35 bits per heavy atom. The highest BCUT2D eigenvalue weighted by Crippen LogP contribution is 2.18. The Labute approximate surface area is 98.3 Å². The largest absolute Gasteiger partial charge is 0.480 e. The zero-order valence-corrected chi connectivity index (χ0v) is 9.20. The first-order valence-electron chi connectivity index (χ1n) is 5.43. The number of amides is 1. The Kier molecular flexibility index (Phi) is 3.27. The van der Waals surface area contributed by atoms with Gasteiger partial charge in [-0.05, 0) is 31.1 Å². The van der Waals surface area contributed by atoms with Crippen LogP contribution in [0.5, 0.6) is 0 Å². The zero-order valence-electron chi connectivity index (χ0n) is 9.20. The molecule has 1 amide bonds. The van der Waals surface area contributed by atoms with Crippen LogP contribution in [0.1, 0.15) is 18.6 Å². The first kappa shape index (κ1) is 11.4. The fraction of sp³-hybridized carbons (Fsp3) is 0.333. The van der Waals surface area contributed by atoms with E-state index in [2.05, 4.69) is 0 Å². The van der Waals surface area contributed by atoms with Gasteiger partial charge in [0.1, 0.15) is 11.8 Å². The first-order chi connectivity index (χ1) is 8.18. The molecule has 1 N–H and O–H groups in total. The molecule has 1 saturated heterocycles. The highest BCUT2D eigenvalue weighted by atomic mass is 16.4. The number of rotatable bonds is 3. The van der Waals surface area contributed by atoms with Crippen LogP contribution in [0.4, 0.5) is 0 Å². The molecule has 0 saturated carbocycles. The van der Waals surface area contributed by atoms with E-state index in [1.54, 1.807) is 18.2 Å². The third-order valence-corrected chi connectivity index (χ3v) is 2.75. The van der Waals surface area contributed by atoms with Crippen LogP contribution in [0.3, 0.4) is 0 Å². The van der Waals surface area contributed by atoms with Gasteiger partial charge in [-0.3, -0.25) is 4.79 Å². The topological polar surface area (TPSA) is 70.8 Å². The highest BCUT2D eigenvalue weighted by Gasteiger charge is 2.32. The van der Waals surface area contributed by atoms with E-state index in [1.165, 1.54) is 17.2 Å². The number of carboxylic acids is 1. The van der Waals surface area contributed by atoms with Gasteiger partial charge in [-0.25, -0.2) is 4.79 Å². The summed E-state index contributed by atoms with van der Waals surface area (Å²) < 4.78 is 5.05. The molecule has 1 aliphatic rings. The lowest BCUT2D eigenvalue weighted by Crippen LogP contribution is -2.39. The van der Waals surface area contributed by atoms with Crippen molar-refractivity contribution in [2.24, 2.45) is 0 Å². The van der Waals surface area contributed by atoms with Gasteiger partial charge >= 0.3 is 5.97 Å². The summed E-state index contributed by atoms with van der Waals surface area (Å²) >= 11 is 0. The van der Waals surface area contributed by atoms with Gasteiger partial charge in [-0.15, -0.1) is 0 Å². The summed E-state index contributed by atoms with van der Waals surface area (Å²) in [6, 6.07) is 2.76. The van der Waals surface area contributed by atoms with Crippen molar-refractivity contribution in [1.29, 1.82) is 0 Å². The fourth-order valence-electron chi connectivity index (χ4n) is 1.92. The molecule has 1 fully saturated rings. The van der Waals surface area contributed by atoms with Crippen LogP contribution in [-0.4, -0.2) is 34.5 Å². The number of carboxylic acid groups (broad SMARTS) is 1. The van der Waals surface area contributed by atoms with Crippen molar-refractivity contribution in [3.8, 4) is 0 Å². The van der Waals surface area contributed by atoms with E-state index in [9.17, 15) is 9.59 Å². The van der Waals surface area contributed by atoms with Crippen LogP contribution < -0.4 is 0 Å². The summed E-state index contributed by atoms with van der Waals surface area (Å²) in [6.45, 7) is 0.498. The van der Waals surface area contributed by atoms with Gasteiger partial charge < -0.3 is 14.4 Å². The third kappa shape index (κ3) is 2.55. The predicted octanol–water partition coefficient (Wildman–Crippen LogP) is 1.37. The molecular formula is C12H13NO4. The molecule has 2 rings (SSSR count). The molecule has 0 aliphatic carbocycles. The highest BCUT2D eigenvalue weighted by molar-refractivity contribution is 5.94. The molecule has 0 radical (unpaired) electrons. The second kappa shape index (κ2) is 4.86. The number of nitrogens with zero attached hydrogens (tertiary/aromatic N) is 1. The van der Waals surface area contributed by atoms with E-state index in [-0.39, 0.29) is 5.91 Å². The van der Waals surface area contributed by atoms with Gasteiger partial charge in [0.2, 0.25) is 5.91 Å². The number of aliphatic carboxylic acids is 1. The van der Waals surface area contributed by atoms with Crippen molar-refractivity contribution in [1.82, 2.24) is 4.90 Å². The van der Waals surface area contributed by atoms with Gasteiger partial charge in [0.15, 0.2) is 0 Å². The molecule has 5 nitrogen and oxygen atoms in total. The second-order valence-corrected chi connectivity index (χ2v) is 3.88. The Balaban J connectivity index is 2.02. The molecule has 1 aromatic rings. The molecule has 5 heteroatoms. The van der Waals surface area contributed by atoms with Gasteiger partial charge in [0.05, 0.1) is 6.26 Å². The lowest BCUT2D eigenvalue weighted by atomic mass is 10.2. The van der Waals surface area contributed by atoms with Gasteiger partial charge in [-0.1, -0.05) is 0 Å². The van der Waals surface area contributed by atoms with Crippen LogP contribution in [-0.2, 0) is 9.59 Å². The summed E-state index contributed by atoms with van der Waals surface area (Å²) in [4.78, 5) is 24.1. The molecule has 0 spiro atoms. The van der Waals surface area contributed by atoms with Gasteiger partial charge in [-0.2, -0.15) is 0 Å². The molecular weight excluding hydrogens is 222 g/mol. The maximum absolute atomic E-state index is 11.8. The number of likely N-dealkylation sites (tertiary alicyclic amines) is 1. The maximum atomic E-state index is 11.8. The normalized spacial score (nSPS) is 20.0. The average Bonchev–Trinajstić information content (AvgIpc) is 2.96. The number of carbonyl (C=O) groups is 2. The van der Waals surface area contributed by atoms with Crippen LogP contribution in [0.25, 0.3) is 6.08 Å². The van der Waals surface area contributed by atoms with Crippen LogP contribution in [0, 0.1) is 0 Å². The summed E-state index contributed by atoms with van der Waals surface area (Å²) in [5.74, 6) is -0.655. The smallest absolute Gasteiger partial charge is 0.326 e. The Hall–Kier alpha value is -2.04. The Morgan fingerprint density at radius 3 is 3.00 bits per heavy atom. The zero-order chi connectivity index (χ0) is 12.3. The van der Waals surface area contributed by atoms with Crippen molar-refractivity contribution in [2.75, 3.05) is 6.54 Å². The number of furan rings is 1. The lowest BCUT2D eigenvalue weighted by Gasteiger charge is -2.19. The van der Waals surface area contributed by atoms with E-state index < -0.39 is 12.0 Å². The van der Waals surface area contributed by atoms with Crippen molar-refractivity contribution in [3.05, 3.63) is 30.2 Å². The molecule has 1 aliphatic heterocycles. The predicted molar refractivity (Wildman–Crippen MR) is 60.1 cm³/mol. The number of hydrogen-bond donors (Lipinski definition) is 1. The minimum Gasteiger partial charge on any atom is -0.480 e. The van der Waals surface area contributed by atoms with E-state index >= 15 is 0 Å². The lowest BCUT2D eigenvalue weighted by molar-refractivity contribution is -0.146. The monoisotopic (exact) mass is 235 g/mol. The molecule has 0 aromatic carbocycles. The quantitative estimate of drug-likeness (QED) is 0.803. The van der Waals surface area contributed by atoms with Crippen molar-refractivity contribution < 1.29 is 19.1 Å². The summed E-state index contributed by atoms with van der Waals surface area (Å²) in [5.41, 5.74) is 0. The van der Waals surface area contributed by atoms with Crippen LogP contribution in [0.15, 0.2) is 28.9 Å². The summed E-state index contributed by atoms with van der Waals surface area (Å²) in [7, 11) is 0. The fourth-order valence-corrected chi connectivity index (χ4v) is 1.92. The van der Waals surface area contributed by atoms with Gasteiger partial charge in [0.25, 0.3) is 0 Å². The first-order valence-corrected chi connectivity index (χ1v) is 5.43.